The Morgan fingerprint density at radius 2 is 1.50 bits per heavy atom. The molecule has 1 atom stereocenters. The number of hydrogen-bond acceptors (Lipinski definition) is 2. The zero-order chi connectivity index (χ0) is 19.8. The summed E-state index contributed by atoms with van der Waals surface area (Å²) in [5, 5.41) is 9.88. The van der Waals surface area contributed by atoms with E-state index in [0.29, 0.717) is 11.6 Å². The molecule has 3 N–H and O–H groups in total. The molecular weight excluding hydrogens is 370 g/mol. The summed E-state index contributed by atoms with van der Waals surface area (Å²) in [5.41, 5.74) is 4.17. The van der Waals surface area contributed by atoms with Crippen molar-refractivity contribution in [1.29, 1.82) is 0 Å². The Balaban J connectivity index is 1.46. The minimum absolute atomic E-state index is 0.216. The molecule has 0 aliphatic rings. The predicted octanol–water partition coefficient (Wildman–Crippen LogP) is 5.51. The van der Waals surface area contributed by atoms with Gasteiger partial charge < -0.3 is 16.0 Å². The lowest BCUT2D eigenvalue weighted by molar-refractivity contribution is 0.251. The van der Waals surface area contributed by atoms with Crippen LogP contribution in [0.25, 0.3) is 0 Å². The molecule has 144 valence electrons. The highest BCUT2D eigenvalue weighted by Gasteiger charge is 2.06. The molecule has 28 heavy (non-hydrogen) atoms. The average molecular weight is 394 g/mol. The molecule has 0 fully saturated rings. The molecular formula is C23H24ClN3O. The van der Waals surface area contributed by atoms with Gasteiger partial charge in [-0.3, -0.25) is 0 Å². The molecule has 0 radical (unpaired) electrons. The first-order chi connectivity index (χ1) is 13.6. The number of halogens is 1. The molecule has 0 heterocycles. The van der Waals surface area contributed by atoms with E-state index in [1.165, 1.54) is 11.1 Å². The van der Waals surface area contributed by atoms with E-state index in [1.54, 1.807) is 0 Å². The molecule has 0 aliphatic carbocycles. The number of urea groups is 1. The number of rotatable bonds is 7. The lowest BCUT2D eigenvalue weighted by atomic mass is 10.1. The van der Waals surface area contributed by atoms with E-state index in [-0.39, 0.29) is 12.1 Å². The first-order valence-corrected chi connectivity index (χ1v) is 9.64. The number of carbonyl (C=O) groups excluding carboxylic acids is 1. The molecule has 3 rings (SSSR count). The fourth-order valence-corrected chi connectivity index (χ4v) is 2.93. The highest BCUT2D eigenvalue weighted by molar-refractivity contribution is 6.30. The lowest BCUT2D eigenvalue weighted by Gasteiger charge is -2.15. The molecule has 4 nitrogen and oxygen atoms in total. The van der Waals surface area contributed by atoms with Crippen LogP contribution in [0.15, 0.2) is 78.9 Å². The molecule has 0 aromatic heterocycles. The molecule has 0 spiro atoms. The fraction of sp³-hybridized carbons (Fsp3) is 0.174. The standard InChI is InChI=1S/C23H24ClN3O/c1-17(25-15-18-5-3-2-4-6-18)20-9-13-22(14-10-20)27-23(28)26-16-19-7-11-21(24)12-8-19/h2-14,17,25H,15-16H2,1H3,(H2,26,27,28)/t17-/m0/s1. The summed E-state index contributed by atoms with van der Waals surface area (Å²) in [6.07, 6.45) is 0. The smallest absolute Gasteiger partial charge is 0.319 e. The Hall–Kier alpha value is -2.82. The number of carbonyl (C=O) groups is 1. The second-order valence-electron chi connectivity index (χ2n) is 6.64. The third-order valence-corrected chi connectivity index (χ3v) is 4.74. The Bertz CT molecular complexity index is 880. The van der Waals surface area contributed by atoms with Crippen molar-refractivity contribution >= 4 is 23.3 Å². The number of nitrogens with one attached hydrogen (secondary N) is 3. The SMILES string of the molecule is C[C@H](NCc1ccccc1)c1ccc(NC(=O)NCc2ccc(Cl)cc2)cc1. The fourth-order valence-electron chi connectivity index (χ4n) is 2.80. The van der Waals surface area contributed by atoms with Crippen LogP contribution in [-0.4, -0.2) is 6.03 Å². The van der Waals surface area contributed by atoms with E-state index in [4.69, 9.17) is 11.6 Å². The van der Waals surface area contributed by atoms with Crippen molar-refractivity contribution in [3.63, 3.8) is 0 Å². The first kappa shape index (κ1) is 19.9. The quantitative estimate of drug-likeness (QED) is 0.495. The molecule has 0 bridgehead atoms. The lowest BCUT2D eigenvalue weighted by Crippen LogP contribution is -2.28. The number of amides is 2. The summed E-state index contributed by atoms with van der Waals surface area (Å²) in [6, 6.07) is 25.6. The van der Waals surface area contributed by atoms with Crippen LogP contribution in [0.3, 0.4) is 0 Å². The van der Waals surface area contributed by atoms with Crippen LogP contribution in [0, 0.1) is 0 Å². The minimum atomic E-state index is -0.238. The third-order valence-electron chi connectivity index (χ3n) is 4.49. The predicted molar refractivity (Wildman–Crippen MR) is 115 cm³/mol. The Morgan fingerprint density at radius 1 is 0.857 bits per heavy atom. The van der Waals surface area contributed by atoms with Crippen LogP contribution in [0.1, 0.15) is 29.7 Å². The van der Waals surface area contributed by atoms with Gasteiger partial charge >= 0.3 is 6.03 Å². The van der Waals surface area contributed by atoms with Crippen LogP contribution in [0.2, 0.25) is 5.02 Å². The average Bonchev–Trinajstić information content (AvgIpc) is 2.73. The molecule has 2 amide bonds. The van der Waals surface area contributed by atoms with Gasteiger partial charge in [0.25, 0.3) is 0 Å². The van der Waals surface area contributed by atoms with E-state index >= 15 is 0 Å². The number of anilines is 1. The summed E-state index contributed by atoms with van der Waals surface area (Å²) >= 11 is 5.86. The first-order valence-electron chi connectivity index (χ1n) is 9.27. The van der Waals surface area contributed by atoms with Gasteiger partial charge in [0.15, 0.2) is 0 Å². The summed E-state index contributed by atoms with van der Waals surface area (Å²) in [6.45, 7) is 3.39. The van der Waals surface area contributed by atoms with Gasteiger partial charge in [0.2, 0.25) is 0 Å². The number of hydrogen-bond donors (Lipinski definition) is 3. The summed E-state index contributed by atoms with van der Waals surface area (Å²) in [4.78, 5) is 12.1. The van der Waals surface area contributed by atoms with Crippen LogP contribution in [0.5, 0.6) is 0 Å². The summed E-state index contributed by atoms with van der Waals surface area (Å²) in [5.74, 6) is 0. The molecule has 0 saturated heterocycles. The van der Waals surface area contributed by atoms with Crippen molar-refractivity contribution in [3.8, 4) is 0 Å². The number of benzene rings is 3. The zero-order valence-corrected chi connectivity index (χ0v) is 16.5. The monoisotopic (exact) mass is 393 g/mol. The molecule has 0 unspecified atom stereocenters. The van der Waals surface area contributed by atoms with Gasteiger partial charge in [-0.05, 0) is 47.9 Å². The molecule has 0 aliphatic heterocycles. The van der Waals surface area contributed by atoms with Crippen molar-refractivity contribution < 1.29 is 4.79 Å². The molecule has 5 heteroatoms. The van der Waals surface area contributed by atoms with Crippen LogP contribution in [0.4, 0.5) is 10.5 Å². The largest absolute Gasteiger partial charge is 0.334 e. The highest BCUT2D eigenvalue weighted by Crippen LogP contribution is 2.17. The van der Waals surface area contributed by atoms with Crippen molar-refractivity contribution in [1.82, 2.24) is 10.6 Å². The third kappa shape index (κ3) is 6.12. The Labute approximate surface area is 170 Å². The maximum Gasteiger partial charge on any atom is 0.319 e. The van der Waals surface area contributed by atoms with Crippen LogP contribution >= 0.6 is 11.6 Å². The summed E-state index contributed by atoms with van der Waals surface area (Å²) in [7, 11) is 0. The minimum Gasteiger partial charge on any atom is -0.334 e. The Morgan fingerprint density at radius 3 is 2.18 bits per heavy atom. The van der Waals surface area contributed by atoms with Crippen LogP contribution in [-0.2, 0) is 13.1 Å². The van der Waals surface area contributed by atoms with Gasteiger partial charge in [-0.25, -0.2) is 4.79 Å². The van der Waals surface area contributed by atoms with Crippen LogP contribution < -0.4 is 16.0 Å². The van der Waals surface area contributed by atoms with Gasteiger partial charge in [0, 0.05) is 29.8 Å². The van der Waals surface area contributed by atoms with Crippen molar-refractivity contribution in [2.45, 2.75) is 26.1 Å². The van der Waals surface area contributed by atoms with Gasteiger partial charge in [0.05, 0.1) is 0 Å². The topological polar surface area (TPSA) is 53.2 Å². The van der Waals surface area contributed by atoms with E-state index in [1.807, 2.05) is 66.7 Å². The van der Waals surface area contributed by atoms with Crippen molar-refractivity contribution in [2.24, 2.45) is 0 Å². The summed E-state index contributed by atoms with van der Waals surface area (Å²) < 4.78 is 0. The Kier molecular flexibility index (Phi) is 7.06. The maximum atomic E-state index is 12.1. The second-order valence-corrected chi connectivity index (χ2v) is 7.08. The van der Waals surface area contributed by atoms with Gasteiger partial charge in [0.1, 0.15) is 0 Å². The van der Waals surface area contributed by atoms with Crippen molar-refractivity contribution in [3.05, 3.63) is 101 Å². The maximum absolute atomic E-state index is 12.1. The van der Waals surface area contributed by atoms with Gasteiger partial charge in [-0.2, -0.15) is 0 Å². The van der Waals surface area contributed by atoms with Gasteiger partial charge in [-0.1, -0.05) is 66.2 Å². The second kappa shape index (κ2) is 9.93. The molecule has 3 aromatic carbocycles. The van der Waals surface area contributed by atoms with E-state index < -0.39 is 0 Å². The van der Waals surface area contributed by atoms with Crippen molar-refractivity contribution in [2.75, 3.05) is 5.32 Å². The van der Waals surface area contributed by atoms with Gasteiger partial charge in [-0.15, -0.1) is 0 Å². The van der Waals surface area contributed by atoms with E-state index in [9.17, 15) is 4.79 Å². The normalized spacial score (nSPS) is 11.6. The zero-order valence-electron chi connectivity index (χ0n) is 15.8. The molecule has 0 saturated carbocycles. The van der Waals surface area contributed by atoms with E-state index in [2.05, 4.69) is 35.0 Å². The molecule has 3 aromatic rings. The highest BCUT2D eigenvalue weighted by atomic mass is 35.5. The van der Waals surface area contributed by atoms with E-state index in [0.717, 1.165) is 17.8 Å².